The number of quaternary nitrogens is 1. The number of hydrogen-bond acceptors (Lipinski definition) is 6. The first-order chi connectivity index (χ1) is 25.0. The fraction of sp³-hybridized carbons (Fsp3) is 0.884. The van der Waals surface area contributed by atoms with E-state index in [1.165, 1.54) is 135 Å². The molecule has 0 aromatic heterocycles. The minimum absolute atomic E-state index is 0.00464. The number of aliphatic hydroxyl groups is 1. The Morgan fingerprint density at radius 2 is 1.08 bits per heavy atom. The molecule has 0 bridgehead atoms. The molecule has 52 heavy (non-hydrogen) atoms. The van der Waals surface area contributed by atoms with E-state index in [1.54, 1.807) is 6.08 Å². The van der Waals surface area contributed by atoms with Crippen molar-refractivity contribution in [1.29, 1.82) is 0 Å². The van der Waals surface area contributed by atoms with Gasteiger partial charge in [-0.2, -0.15) is 0 Å². The molecule has 0 aliphatic carbocycles. The Bertz CT molecular complexity index is 907. The first-order valence-electron chi connectivity index (χ1n) is 21.7. The van der Waals surface area contributed by atoms with Crippen LogP contribution in [0.1, 0.15) is 194 Å². The Morgan fingerprint density at radius 3 is 1.56 bits per heavy atom. The zero-order valence-corrected chi connectivity index (χ0v) is 35.7. The minimum atomic E-state index is -4.58. The molecule has 0 saturated carbocycles. The van der Waals surface area contributed by atoms with Gasteiger partial charge >= 0.3 is 0 Å². The molecule has 0 aromatic carbocycles. The molecule has 0 saturated heterocycles. The van der Waals surface area contributed by atoms with Crippen molar-refractivity contribution in [2.45, 2.75) is 206 Å². The SMILES string of the molecule is CCCCCCCCCCCCCCCCC/C=C/CC/C=C/C(O)C(COP(=O)([O-])OCC[N+](C)(C)C)NC(=O)CCCCCCCCCCC. The quantitative estimate of drug-likeness (QED) is 0.0280. The Balaban J connectivity index is 4.38. The van der Waals surface area contributed by atoms with Gasteiger partial charge in [-0.25, -0.2) is 0 Å². The summed E-state index contributed by atoms with van der Waals surface area (Å²) in [6.07, 6.45) is 41.0. The normalized spacial score (nSPS) is 14.7. The van der Waals surface area contributed by atoms with Crippen molar-refractivity contribution in [1.82, 2.24) is 5.32 Å². The molecule has 0 fully saturated rings. The summed E-state index contributed by atoms with van der Waals surface area (Å²) in [5.41, 5.74) is 0. The molecule has 2 N–H and O–H groups in total. The van der Waals surface area contributed by atoms with Crippen LogP contribution in [0, 0.1) is 0 Å². The van der Waals surface area contributed by atoms with Crippen molar-refractivity contribution in [3.8, 4) is 0 Å². The average Bonchev–Trinajstić information content (AvgIpc) is 3.09. The van der Waals surface area contributed by atoms with Gasteiger partial charge in [-0.3, -0.25) is 9.36 Å². The van der Waals surface area contributed by atoms with Crippen molar-refractivity contribution in [3.05, 3.63) is 24.3 Å². The number of nitrogens with zero attached hydrogens (tertiary/aromatic N) is 1. The lowest BCUT2D eigenvalue weighted by Crippen LogP contribution is -2.45. The van der Waals surface area contributed by atoms with Crippen LogP contribution in [0.15, 0.2) is 24.3 Å². The average molecular weight is 757 g/mol. The Labute approximate surface area is 322 Å². The van der Waals surface area contributed by atoms with E-state index in [0.717, 1.165) is 38.5 Å². The molecule has 308 valence electrons. The van der Waals surface area contributed by atoms with Crippen LogP contribution in [-0.4, -0.2) is 68.5 Å². The summed E-state index contributed by atoms with van der Waals surface area (Å²) in [6, 6.07) is -0.896. The molecule has 0 radical (unpaired) electrons. The van der Waals surface area contributed by atoms with E-state index in [4.69, 9.17) is 9.05 Å². The van der Waals surface area contributed by atoms with Gasteiger partial charge in [0, 0.05) is 6.42 Å². The zero-order chi connectivity index (χ0) is 38.6. The van der Waals surface area contributed by atoms with Crippen molar-refractivity contribution < 1.29 is 32.9 Å². The van der Waals surface area contributed by atoms with Gasteiger partial charge in [0.2, 0.25) is 5.91 Å². The first-order valence-corrected chi connectivity index (χ1v) is 23.2. The number of allylic oxidation sites excluding steroid dienone is 3. The number of phosphoric ester groups is 1. The molecule has 0 aromatic rings. The highest BCUT2D eigenvalue weighted by molar-refractivity contribution is 7.45. The number of unbranched alkanes of at least 4 members (excludes halogenated alkanes) is 24. The second-order valence-corrected chi connectivity index (χ2v) is 17.5. The highest BCUT2D eigenvalue weighted by atomic mass is 31.2. The van der Waals surface area contributed by atoms with Crippen LogP contribution in [-0.2, 0) is 18.4 Å². The van der Waals surface area contributed by atoms with E-state index in [1.807, 2.05) is 27.2 Å². The second kappa shape index (κ2) is 35.7. The molecule has 0 spiro atoms. The van der Waals surface area contributed by atoms with E-state index < -0.39 is 20.0 Å². The van der Waals surface area contributed by atoms with Gasteiger partial charge in [-0.15, -0.1) is 0 Å². The van der Waals surface area contributed by atoms with Gasteiger partial charge in [-0.1, -0.05) is 179 Å². The summed E-state index contributed by atoms with van der Waals surface area (Å²) in [5.74, 6) is -0.211. The summed E-state index contributed by atoms with van der Waals surface area (Å²) in [5, 5.41) is 13.7. The zero-order valence-electron chi connectivity index (χ0n) is 34.8. The maximum absolute atomic E-state index is 12.7. The molecule has 8 nitrogen and oxygen atoms in total. The van der Waals surface area contributed by atoms with E-state index >= 15 is 0 Å². The maximum Gasteiger partial charge on any atom is 0.268 e. The van der Waals surface area contributed by atoms with Crippen LogP contribution in [0.25, 0.3) is 0 Å². The number of amides is 1. The summed E-state index contributed by atoms with van der Waals surface area (Å²) in [7, 11) is 1.25. The first kappa shape index (κ1) is 51.0. The van der Waals surface area contributed by atoms with Crippen LogP contribution >= 0.6 is 7.82 Å². The molecular formula is C43H85N2O6P. The number of likely N-dealkylation sites (N-methyl/N-ethyl adjacent to an activating group) is 1. The van der Waals surface area contributed by atoms with Gasteiger partial charge < -0.3 is 28.8 Å². The summed E-state index contributed by atoms with van der Waals surface area (Å²) in [6.45, 7) is 4.60. The van der Waals surface area contributed by atoms with Crippen molar-refractivity contribution in [2.24, 2.45) is 0 Å². The molecule has 0 heterocycles. The van der Waals surface area contributed by atoms with Crippen LogP contribution in [0.3, 0.4) is 0 Å². The standard InChI is InChI=1S/C43H85N2O6P/c1-6-8-10-12-14-16-17-18-19-20-21-22-23-24-25-26-27-29-30-32-34-36-42(46)41(40-51-52(48,49)50-39-38-45(3,4)5)44-43(47)37-35-33-31-28-15-13-11-9-7-2/h27,29,34,36,41-42,46H,6-26,28,30-33,35,37-40H2,1-5H3,(H-,44,47,48,49)/b29-27+,36-34+. The van der Waals surface area contributed by atoms with E-state index in [-0.39, 0.29) is 19.1 Å². The molecule has 0 aliphatic heterocycles. The van der Waals surface area contributed by atoms with E-state index in [2.05, 4.69) is 31.3 Å². The lowest BCUT2D eigenvalue weighted by molar-refractivity contribution is -0.870. The second-order valence-electron chi connectivity index (χ2n) is 16.0. The topological polar surface area (TPSA) is 108 Å². The highest BCUT2D eigenvalue weighted by Gasteiger charge is 2.23. The third-order valence-electron chi connectivity index (χ3n) is 9.66. The van der Waals surface area contributed by atoms with Gasteiger partial charge in [0.25, 0.3) is 7.82 Å². The smallest absolute Gasteiger partial charge is 0.268 e. The molecular weight excluding hydrogens is 671 g/mol. The van der Waals surface area contributed by atoms with Gasteiger partial charge in [0.15, 0.2) is 0 Å². The summed E-state index contributed by atoms with van der Waals surface area (Å²) in [4.78, 5) is 25.1. The number of hydrogen-bond donors (Lipinski definition) is 2. The van der Waals surface area contributed by atoms with E-state index in [9.17, 15) is 19.4 Å². The van der Waals surface area contributed by atoms with Crippen LogP contribution in [0.5, 0.6) is 0 Å². The fourth-order valence-corrected chi connectivity index (χ4v) is 6.89. The molecule has 0 aliphatic rings. The summed E-state index contributed by atoms with van der Waals surface area (Å²) < 4.78 is 23.1. The number of carbonyl (C=O) groups is 1. The molecule has 3 atom stereocenters. The van der Waals surface area contributed by atoms with Crippen molar-refractivity contribution >= 4 is 13.7 Å². The predicted molar refractivity (Wildman–Crippen MR) is 219 cm³/mol. The lowest BCUT2D eigenvalue weighted by Gasteiger charge is -2.29. The third kappa shape index (κ3) is 37.3. The van der Waals surface area contributed by atoms with Gasteiger partial charge in [0.1, 0.15) is 13.2 Å². The van der Waals surface area contributed by atoms with Crippen molar-refractivity contribution in [3.63, 3.8) is 0 Å². The minimum Gasteiger partial charge on any atom is -0.756 e. The van der Waals surface area contributed by atoms with E-state index in [0.29, 0.717) is 17.4 Å². The third-order valence-corrected chi connectivity index (χ3v) is 10.6. The van der Waals surface area contributed by atoms with Crippen molar-refractivity contribution in [2.75, 3.05) is 40.9 Å². The molecule has 1 amide bonds. The largest absolute Gasteiger partial charge is 0.756 e. The fourth-order valence-electron chi connectivity index (χ4n) is 6.17. The maximum atomic E-state index is 12.7. The molecule has 3 unspecified atom stereocenters. The number of phosphoric acid groups is 1. The van der Waals surface area contributed by atoms with Gasteiger partial charge in [-0.05, 0) is 32.1 Å². The van der Waals surface area contributed by atoms with Crippen LogP contribution in [0.2, 0.25) is 0 Å². The summed E-state index contributed by atoms with van der Waals surface area (Å²) >= 11 is 0. The number of aliphatic hydroxyl groups excluding tert-OH is 1. The Kier molecular flexibility index (Phi) is 35.0. The number of rotatable bonds is 39. The van der Waals surface area contributed by atoms with Crippen LogP contribution < -0.4 is 10.2 Å². The predicted octanol–water partition coefficient (Wildman–Crippen LogP) is 11.1. The monoisotopic (exact) mass is 757 g/mol. The Hall–Kier alpha value is -1.02. The number of nitrogens with one attached hydrogen (secondary N) is 1. The van der Waals surface area contributed by atoms with Crippen LogP contribution in [0.4, 0.5) is 0 Å². The Morgan fingerprint density at radius 1 is 0.654 bits per heavy atom. The lowest BCUT2D eigenvalue weighted by atomic mass is 10.0. The highest BCUT2D eigenvalue weighted by Crippen LogP contribution is 2.38. The molecule has 0 rings (SSSR count). The molecule has 9 heteroatoms. The number of carbonyl (C=O) groups excluding carboxylic acids is 1. The van der Waals surface area contributed by atoms with Gasteiger partial charge in [0.05, 0.1) is 39.9 Å².